The standard InChI is InChI=1S/C50H32N2O/c1-3-16-37-33(13-1)15-11-20-38(37)35-27-30-36(31-28-35)51(47-25-12-26-48-49(47)42-32-29-34-14-2-4-17-39(34)50(42)53-48)45-23-9-10-24-46(45)52-43-21-7-5-18-40(43)41-19-6-8-22-44(41)52/h1-32H. The molecule has 53 heavy (non-hydrogen) atoms. The summed E-state index contributed by atoms with van der Waals surface area (Å²) in [7, 11) is 0. The molecule has 0 fully saturated rings. The second kappa shape index (κ2) is 11.7. The van der Waals surface area contributed by atoms with Crippen molar-refractivity contribution >= 4 is 82.4 Å². The molecule has 11 aromatic rings. The van der Waals surface area contributed by atoms with Gasteiger partial charge < -0.3 is 13.9 Å². The summed E-state index contributed by atoms with van der Waals surface area (Å²) in [4.78, 5) is 2.41. The van der Waals surface area contributed by atoms with Crippen LogP contribution < -0.4 is 4.90 Å². The highest BCUT2D eigenvalue weighted by atomic mass is 16.3. The van der Waals surface area contributed by atoms with Crippen LogP contribution in [0.5, 0.6) is 0 Å². The van der Waals surface area contributed by atoms with Gasteiger partial charge in [0, 0.05) is 27.2 Å². The highest BCUT2D eigenvalue weighted by Crippen LogP contribution is 2.47. The van der Waals surface area contributed by atoms with Crippen LogP contribution in [0, 0.1) is 0 Å². The van der Waals surface area contributed by atoms with Crippen LogP contribution in [0.25, 0.3) is 82.1 Å². The zero-order valence-corrected chi connectivity index (χ0v) is 28.8. The Morgan fingerprint density at radius 3 is 1.75 bits per heavy atom. The first-order chi connectivity index (χ1) is 26.3. The third-order valence-electron chi connectivity index (χ3n) is 10.8. The molecule has 0 radical (unpaired) electrons. The lowest BCUT2D eigenvalue weighted by atomic mass is 9.98. The minimum Gasteiger partial charge on any atom is -0.455 e. The number of rotatable bonds is 5. The van der Waals surface area contributed by atoms with Crippen molar-refractivity contribution in [3.63, 3.8) is 0 Å². The Morgan fingerprint density at radius 2 is 0.981 bits per heavy atom. The van der Waals surface area contributed by atoms with Crippen molar-refractivity contribution in [1.82, 2.24) is 4.57 Å². The molecule has 0 aliphatic heterocycles. The van der Waals surface area contributed by atoms with E-state index >= 15 is 0 Å². The normalized spacial score (nSPS) is 11.8. The highest BCUT2D eigenvalue weighted by Gasteiger charge is 2.24. The third kappa shape index (κ3) is 4.54. The maximum absolute atomic E-state index is 6.73. The van der Waals surface area contributed by atoms with Crippen LogP contribution >= 0.6 is 0 Å². The lowest BCUT2D eigenvalue weighted by molar-refractivity contribution is 0.672. The van der Waals surface area contributed by atoms with Gasteiger partial charge in [-0.2, -0.15) is 0 Å². The number of fused-ring (bicyclic) bond motifs is 9. The van der Waals surface area contributed by atoms with E-state index in [0.29, 0.717) is 0 Å². The Hall–Kier alpha value is -7.10. The average Bonchev–Trinajstić information content (AvgIpc) is 3.78. The van der Waals surface area contributed by atoms with E-state index in [1.807, 2.05) is 0 Å². The fourth-order valence-electron chi connectivity index (χ4n) is 8.42. The summed E-state index contributed by atoms with van der Waals surface area (Å²) in [5.74, 6) is 0. The first-order valence-corrected chi connectivity index (χ1v) is 18.1. The van der Waals surface area contributed by atoms with Crippen molar-refractivity contribution in [2.24, 2.45) is 0 Å². The van der Waals surface area contributed by atoms with Crippen LogP contribution in [0.3, 0.4) is 0 Å². The number of hydrogen-bond acceptors (Lipinski definition) is 2. The van der Waals surface area contributed by atoms with E-state index in [-0.39, 0.29) is 0 Å². The molecule has 2 aromatic heterocycles. The zero-order valence-electron chi connectivity index (χ0n) is 28.8. The van der Waals surface area contributed by atoms with Gasteiger partial charge in [-0.1, -0.05) is 140 Å². The molecule has 9 aromatic carbocycles. The maximum Gasteiger partial charge on any atom is 0.143 e. The van der Waals surface area contributed by atoms with E-state index in [1.54, 1.807) is 0 Å². The van der Waals surface area contributed by atoms with Gasteiger partial charge in [0.05, 0.1) is 33.5 Å². The molecule has 3 heteroatoms. The largest absolute Gasteiger partial charge is 0.455 e. The first-order valence-electron chi connectivity index (χ1n) is 18.1. The summed E-state index contributed by atoms with van der Waals surface area (Å²) in [6.45, 7) is 0. The lowest BCUT2D eigenvalue weighted by Crippen LogP contribution is -2.13. The van der Waals surface area contributed by atoms with Gasteiger partial charge in [0.15, 0.2) is 0 Å². The molecule has 248 valence electrons. The topological polar surface area (TPSA) is 21.3 Å². The van der Waals surface area contributed by atoms with Gasteiger partial charge in [-0.05, 0) is 81.9 Å². The number of para-hydroxylation sites is 4. The molecule has 0 atom stereocenters. The molecule has 11 rings (SSSR count). The molecule has 0 aliphatic rings. The summed E-state index contributed by atoms with van der Waals surface area (Å²) >= 11 is 0. The minimum absolute atomic E-state index is 0.862. The van der Waals surface area contributed by atoms with Gasteiger partial charge in [-0.25, -0.2) is 0 Å². The SMILES string of the molecule is c1ccc(-n2c3ccccc3c3ccccc32)c(N(c2ccc(-c3cccc4ccccc34)cc2)c2cccc3oc4c5ccccc5ccc4c23)c1. The summed E-state index contributed by atoms with van der Waals surface area (Å²) in [6, 6.07) is 69.7. The molecule has 0 saturated heterocycles. The fourth-order valence-corrected chi connectivity index (χ4v) is 8.42. The predicted molar refractivity (Wildman–Crippen MR) is 223 cm³/mol. The van der Waals surface area contributed by atoms with Crippen LogP contribution in [0.2, 0.25) is 0 Å². The van der Waals surface area contributed by atoms with Crippen molar-refractivity contribution < 1.29 is 4.42 Å². The molecular formula is C50H32N2O. The average molecular weight is 677 g/mol. The Bertz CT molecular complexity index is 3130. The van der Waals surface area contributed by atoms with Crippen molar-refractivity contribution in [1.29, 1.82) is 0 Å². The quantitative estimate of drug-likeness (QED) is 0.181. The molecule has 0 unspecified atom stereocenters. The predicted octanol–water partition coefficient (Wildman–Crippen LogP) is 14.1. The molecule has 0 amide bonds. The first kappa shape index (κ1) is 29.6. The molecular weight excluding hydrogens is 645 g/mol. The van der Waals surface area contributed by atoms with Gasteiger partial charge in [-0.15, -0.1) is 0 Å². The van der Waals surface area contributed by atoms with E-state index in [1.165, 1.54) is 43.7 Å². The number of furan rings is 1. The van der Waals surface area contributed by atoms with E-state index < -0.39 is 0 Å². The monoisotopic (exact) mass is 676 g/mol. The molecule has 0 N–H and O–H groups in total. The molecule has 2 heterocycles. The lowest BCUT2D eigenvalue weighted by Gasteiger charge is -2.29. The van der Waals surface area contributed by atoms with Crippen LogP contribution in [-0.2, 0) is 0 Å². The Labute approximate surface area is 306 Å². The van der Waals surface area contributed by atoms with E-state index in [2.05, 4.69) is 204 Å². The number of hydrogen-bond donors (Lipinski definition) is 0. The van der Waals surface area contributed by atoms with Crippen LogP contribution in [0.15, 0.2) is 199 Å². The molecule has 0 bridgehead atoms. The summed E-state index contributed by atoms with van der Waals surface area (Å²) in [5, 5.41) is 9.42. The molecule has 0 aliphatic carbocycles. The van der Waals surface area contributed by atoms with E-state index in [4.69, 9.17) is 4.42 Å². The Morgan fingerprint density at radius 1 is 0.396 bits per heavy atom. The maximum atomic E-state index is 6.73. The highest BCUT2D eigenvalue weighted by molar-refractivity contribution is 6.20. The minimum atomic E-state index is 0.862. The van der Waals surface area contributed by atoms with Crippen LogP contribution in [0.4, 0.5) is 17.1 Å². The third-order valence-corrected chi connectivity index (χ3v) is 10.8. The smallest absolute Gasteiger partial charge is 0.143 e. The van der Waals surface area contributed by atoms with Crippen molar-refractivity contribution in [2.45, 2.75) is 0 Å². The molecule has 0 saturated carbocycles. The van der Waals surface area contributed by atoms with Crippen molar-refractivity contribution in [3.8, 4) is 16.8 Å². The van der Waals surface area contributed by atoms with Crippen LogP contribution in [-0.4, -0.2) is 4.57 Å². The van der Waals surface area contributed by atoms with Gasteiger partial charge in [0.25, 0.3) is 0 Å². The number of aromatic nitrogens is 1. The van der Waals surface area contributed by atoms with Gasteiger partial charge in [0.1, 0.15) is 11.2 Å². The summed E-state index contributed by atoms with van der Waals surface area (Å²) in [5.41, 5.74) is 10.8. The van der Waals surface area contributed by atoms with Crippen LogP contribution in [0.1, 0.15) is 0 Å². The Balaban J connectivity index is 1.20. The second-order valence-corrected chi connectivity index (χ2v) is 13.7. The number of nitrogens with zero attached hydrogens (tertiary/aromatic N) is 2. The zero-order chi connectivity index (χ0) is 34.9. The van der Waals surface area contributed by atoms with E-state index in [0.717, 1.165) is 55.5 Å². The van der Waals surface area contributed by atoms with Crippen molar-refractivity contribution in [3.05, 3.63) is 194 Å². The Kier molecular flexibility index (Phi) is 6.55. The summed E-state index contributed by atoms with van der Waals surface area (Å²) < 4.78 is 9.15. The fraction of sp³-hybridized carbons (Fsp3) is 0. The summed E-state index contributed by atoms with van der Waals surface area (Å²) in [6.07, 6.45) is 0. The molecule has 0 spiro atoms. The molecule has 3 nitrogen and oxygen atoms in total. The van der Waals surface area contributed by atoms with Gasteiger partial charge in [0.2, 0.25) is 0 Å². The second-order valence-electron chi connectivity index (χ2n) is 13.7. The van der Waals surface area contributed by atoms with Gasteiger partial charge in [-0.3, -0.25) is 0 Å². The number of benzene rings is 9. The van der Waals surface area contributed by atoms with Crippen molar-refractivity contribution in [2.75, 3.05) is 4.90 Å². The van der Waals surface area contributed by atoms with E-state index in [9.17, 15) is 0 Å². The number of anilines is 3. The van der Waals surface area contributed by atoms with Gasteiger partial charge >= 0.3 is 0 Å².